The molecule has 0 atom stereocenters. The van der Waals surface area contributed by atoms with Gasteiger partial charge in [-0.1, -0.05) is 201 Å². The Morgan fingerprint density at radius 2 is 0.810 bits per heavy atom. The van der Waals surface area contributed by atoms with Crippen molar-refractivity contribution >= 4 is 55.3 Å². The van der Waals surface area contributed by atoms with Gasteiger partial charge >= 0.3 is 10.4 Å². The first kappa shape index (κ1) is 47.6. The highest BCUT2D eigenvalue weighted by atomic mass is 32.3. The highest BCUT2D eigenvalue weighted by Gasteiger charge is 2.19. The second-order valence-corrected chi connectivity index (χ2v) is 20.3. The Morgan fingerprint density at radius 3 is 1.16 bits per heavy atom. The van der Waals surface area contributed by atoms with Crippen LogP contribution in [-0.2, 0) is 61.9 Å². The van der Waals surface area contributed by atoms with Gasteiger partial charge < -0.3 is 4.74 Å². The summed E-state index contributed by atoms with van der Waals surface area (Å²) in [5.41, 5.74) is 7.70. The predicted octanol–water partition coefficient (Wildman–Crippen LogP) is 10.0. The highest BCUT2D eigenvalue weighted by Crippen LogP contribution is 2.40. The predicted molar refractivity (Wildman–Crippen MR) is 271 cm³/mol. The van der Waals surface area contributed by atoms with Gasteiger partial charge in [0.05, 0.1) is 19.6 Å². The minimum atomic E-state index is -3.79. The van der Waals surface area contributed by atoms with E-state index >= 15 is 0 Å². The molecule has 5 nitrogen and oxygen atoms in total. The van der Waals surface area contributed by atoms with Gasteiger partial charge in [0, 0.05) is 25.5 Å². The zero-order valence-electron chi connectivity index (χ0n) is 35.5. The van der Waals surface area contributed by atoms with E-state index in [0.29, 0.717) is 7.85 Å². The molecule has 1 saturated heterocycles. The van der Waals surface area contributed by atoms with Gasteiger partial charge in [-0.15, -0.1) is 6.32 Å². The summed E-state index contributed by atoms with van der Waals surface area (Å²) in [7, 11) is -4.12. The van der Waals surface area contributed by atoms with Crippen LogP contribution < -0.4 is 21.2 Å². The SMILES string of the molecule is C1CCOC1.CCc1ccccc1CP(c1ccccc1)c1ccccc1.O=S1(=O)OCc2ccccc2CO1.[BH3-][CH+]Cc1ccccc1CP(c1ccccc1)c1ccccc1. The van der Waals surface area contributed by atoms with Crippen LogP contribution in [0.5, 0.6) is 0 Å². The van der Waals surface area contributed by atoms with Crippen molar-refractivity contribution in [2.24, 2.45) is 0 Å². The van der Waals surface area contributed by atoms with Crippen LogP contribution in [0.15, 0.2) is 194 Å². The number of hydrogen-bond donors (Lipinski definition) is 0. The van der Waals surface area contributed by atoms with Crippen molar-refractivity contribution in [3.05, 3.63) is 234 Å². The summed E-state index contributed by atoms with van der Waals surface area (Å²) in [6.45, 7) is 4.35. The molecular weight excluding hydrogens is 833 g/mol. The van der Waals surface area contributed by atoms with Gasteiger partial charge in [-0.2, -0.15) is 8.42 Å². The lowest BCUT2D eigenvalue weighted by Gasteiger charge is -2.20. The van der Waals surface area contributed by atoms with Crippen LogP contribution in [0.1, 0.15) is 53.1 Å². The van der Waals surface area contributed by atoms with Gasteiger partial charge in [-0.3, -0.25) is 0 Å². The Morgan fingerprint density at radius 1 is 0.476 bits per heavy atom. The molecular formula is C54H59BO5P2S. The van der Waals surface area contributed by atoms with Crippen molar-refractivity contribution in [2.45, 2.75) is 58.1 Å². The Labute approximate surface area is 380 Å². The van der Waals surface area contributed by atoms with Crippen molar-refractivity contribution in [3.8, 4) is 0 Å². The Balaban J connectivity index is 0.000000153. The fourth-order valence-corrected chi connectivity index (χ4v) is 12.4. The van der Waals surface area contributed by atoms with Crippen molar-refractivity contribution in [1.82, 2.24) is 0 Å². The van der Waals surface area contributed by atoms with Crippen LogP contribution in [0.25, 0.3) is 0 Å². The minimum absolute atomic E-state index is 0.0541. The van der Waals surface area contributed by atoms with E-state index in [1.807, 2.05) is 24.3 Å². The van der Waals surface area contributed by atoms with E-state index in [4.69, 9.17) is 4.74 Å². The van der Waals surface area contributed by atoms with Crippen molar-refractivity contribution < 1.29 is 21.5 Å². The van der Waals surface area contributed by atoms with Gasteiger partial charge in [0.15, 0.2) is 7.85 Å². The maximum atomic E-state index is 10.9. The number of fused-ring (bicyclic) bond motifs is 1. The molecule has 0 bridgehead atoms. The fourth-order valence-electron chi connectivity index (χ4n) is 7.06. The number of hydrogen-bond acceptors (Lipinski definition) is 5. The van der Waals surface area contributed by atoms with Gasteiger partial charge in [-0.25, -0.2) is 8.37 Å². The average molecular weight is 893 g/mol. The standard InChI is InChI=1S/C21H22BP.C21H21P.C8H8O4S.C4H8O/c22-16-15-18-9-7-8-10-19(18)17-23(20-11-3-1-4-12-20)21-13-5-2-6-14-21;1-2-18-11-9-10-12-19(18)17-22(20-13-5-3-6-14-20)21-15-7-4-8-16-21;9-13(10)11-5-7-3-1-2-4-8(7)6-12-13;1-2-4-5-3-1/h1-14,16H,15,17H2,22H3;3-16H,2,17H2,1H3;1-4H,5-6H2;1-4H2. The monoisotopic (exact) mass is 892 g/mol. The molecule has 0 spiro atoms. The molecule has 2 aliphatic heterocycles. The first-order valence-electron chi connectivity index (χ1n) is 21.2. The molecule has 2 heterocycles. The van der Waals surface area contributed by atoms with Crippen LogP contribution in [0.2, 0.25) is 0 Å². The molecule has 0 N–H and O–H groups in total. The third kappa shape index (κ3) is 15.4. The van der Waals surface area contributed by atoms with E-state index in [2.05, 4.69) is 191 Å². The number of aryl methyl sites for hydroxylation is 1. The lowest BCUT2D eigenvalue weighted by atomic mass is 9.95. The van der Waals surface area contributed by atoms with Gasteiger partial charge in [0.1, 0.15) is 0 Å². The highest BCUT2D eigenvalue weighted by molar-refractivity contribution is 7.81. The molecule has 324 valence electrons. The molecule has 0 aliphatic carbocycles. The van der Waals surface area contributed by atoms with E-state index in [-0.39, 0.29) is 29.1 Å². The first-order chi connectivity index (χ1) is 30.9. The molecule has 0 unspecified atom stereocenters. The van der Waals surface area contributed by atoms with Gasteiger partial charge in [0.2, 0.25) is 0 Å². The zero-order chi connectivity index (χ0) is 44.0. The van der Waals surface area contributed by atoms with E-state index in [9.17, 15) is 8.42 Å². The molecule has 2 aliphatic rings. The molecule has 0 amide bonds. The molecule has 63 heavy (non-hydrogen) atoms. The summed E-state index contributed by atoms with van der Waals surface area (Å²) in [4.78, 5) is 0. The van der Waals surface area contributed by atoms with Crippen molar-refractivity contribution in [1.29, 1.82) is 0 Å². The van der Waals surface area contributed by atoms with E-state index in [1.165, 1.54) is 56.3 Å². The maximum absolute atomic E-state index is 10.9. The van der Waals surface area contributed by atoms with Crippen molar-refractivity contribution in [2.75, 3.05) is 13.2 Å². The largest absolute Gasteiger partial charge is 0.400 e. The first-order valence-corrected chi connectivity index (χ1v) is 25.6. The second kappa shape index (κ2) is 26.1. The maximum Gasteiger partial charge on any atom is 0.400 e. The van der Waals surface area contributed by atoms with Crippen LogP contribution in [0, 0.1) is 6.32 Å². The topological polar surface area (TPSA) is 61.8 Å². The van der Waals surface area contributed by atoms with Crippen LogP contribution >= 0.6 is 15.8 Å². The molecule has 9 heteroatoms. The lowest BCUT2D eigenvalue weighted by Crippen LogP contribution is -2.13. The summed E-state index contributed by atoms with van der Waals surface area (Å²) in [5, 5.41) is 5.83. The Hall–Kier alpha value is -4.84. The quantitative estimate of drug-likeness (QED) is 0.0736. The molecule has 0 radical (unpaired) electrons. The summed E-state index contributed by atoms with van der Waals surface area (Å²) >= 11 is 0. The summed E-state index contributed by atoms with van der Waals surface area (Å²) in [5.74, 6) is 0. The van der Waals surface area contributed by atoms with E-state index in [0.717, 1.165) is 49.5 Å². The second-order valence-electron chi connectivity index (χ2n) is 14.6. The molecule has 7 aromatic rings. The van der Waals surface area contributed by atoms with Crippen LogP contribution in [0.4, 0.5) is 0 Å². The molecule has 1 fully saturated rings. The third-order valence-corrected chi connectivity index (χ3v) is 16.2. The van der Waals surface area contributed by atoms with E-state index in [1.54, 1.807) is 0 Å². The lowest BCUT2D eigenvalue weighted by molar-refractivity contribution is 0.198. The van der Waals surface area contributed by atoms with Crippen molar-refractivity contribution in [3.63, 3.8) is 0 Å². The molecule has 7 aromatic carbocycles. The van der Waals surface area contributed by atoms with E-state index < -0.39 is 10.4 Å². The Kier molecular flexibility index (Phi) is 19.7. The molecule has 0 aromatic heterocycles. The summed E-state index contributed by atoms with van der Waals surface area (Å²) in [6, 6.07) is 69.0. The van der Waals surface area contributed by atoms with Crippen LogP contribution in [0.3, 0.4) is 0 Å². The number of rotatable bonds is 11. The average Bonchev–Trinajstić information content (AvgIpc) is 3.90. The Bertz CT molecular complexity index is 2350. The minimum Gasteiger partial charge on any atom is -0.381 e. The normalized spacial score (nSPS) is 13.8. The fraction of sp³-hybridized carbons (Fsp3) is 0.204. The number of ether oxygens (including phenoxy) is 1. The molecule has 9 rings (SSSR count). The zero-order valence-corrected chi connectivity index (χ0v) is 38.1. The summed E-state index contributed by atoms with van der Waals surface area (Å²) < 4.78 is 35.9. The van der Waals surface area contributed by atoms with Crippen LogP contribution in [-0.4, -0.2) is 29.5 Å². The summed E-state index contributed by atoms with van der Waals surface area (Å²) in [6.07, 6.45) is 9.55. The smallest absolute Gasteiger partial charge is 0.381 e. The molecule has 0 saturated carbocycles. The number of benzene rings is 7. The van der Waals surface area contributed by atoms with Gasteiger partial charge in [-0.05, 0) is 89.7 Å². The third-order valence-electron chi connectivity index (χ3n) is 10.4. The van der Waals surface area contributed by atoms with Gasteiger partial charge in [0.25, 0.3) is 0 Å².